The maximum atomic E-state index is 13.5. The van der Waals surface area contributed by atoms with Crippen LogP contribution >= 0.6 is 0 Å². The Kier molecular flexibility index (Phi) is 4.82. The summed E-state index contributed by atoms with van der Waals surface area (Å²) in [5.74, 6) is 0.121. The highest BCUT2D eigenvalue weighted by atomic mass is 19.1. The average molecular weight is 375 g/mol. The molecule has 8 heteroatoms. The zero-order valence-corrected chi connectivity index (χ0v) is 15.2. The SMILES string of the molecule is Cc1cc(C(=O)N2CC3(CC(CCOc4ncccc4F)CCO3)C2)on1. The molecule has 2 fully saturated rings. The molecule has 2 aromatic heterocycles. The standard InChI is InChI=1S/C19H22FN3O4/c1-13-9-16(27-22-13)18(24)23-11-19(12-23)10-14(5-8-26-19)4-7-25-17-15(20)3-2-6-21-17/h2-3,6,9,14H,4-5,7-8,10-12H2,1H3. The summed E-state index contributed by atoms with van der Waals surface area (Å²) < 4.78 is 30.0. The number of hydrogen-bond acceptors (Lipinski definition) is 6. The van der Waals surface area contributed by atoms with Gasteiger partial charge in [-0.15, -0.1) is 0 Å². The van der Waals surface area contributed by atoms with Crippen molar-refractivity contribution >= 4 is 5.91 Å². The Hall–Kier alpha value is -2.48. The monoisotopic (exact) mass is 375 g/mol. The predicted molar refractivity (Wildman–Crippen MR) is 92.9 cm³/mol. The molecule has 1 unspecified atom stereocenters. The third-order valence-corrected chi connectivity index (χ3v) is 5.17. The summed E-state index contributed by atoms with van der Waals surface area (Å²) in [5.41, 5.74) is 0.399. The maximum Gasteiger partial charge on any atom is 0.292 e. The molecular weight excluding hydrogens is 353 g/mol. The third-order valence-electron chi connectivity index (χ3n) is 5.17. The number of ether oxygens (including phenoxy) is 2. The fourth-order valence-corrected chi connectivity index (χ4v) is 3.81. The lowest BCUT2D eigenvalue weighted by atomic mass is 9.79. The zero-order valence-electron chi connectivity index (χ0n) is 15.2. The molecule has 144 valence electrons. The fraction of sp³-hybridized carbons (Fsp3) is 0.526. The molecular formula is C19H22FN3O4. The van der Waals surface area contributed by atoms with Crippen LogP contribution in [0.3, 0.4) is 0 Å². The van der Waals surface area contributed by atoms with Gasteiger partial charge < -0.3 is 18.9 Å². The van der Waals surface area contributed by atoms with E-state index in [2.05, 4.69) is 10.1 Å². The van der Waals surface area contributed by atoms with Crippen LogP contribution in [-0.2, 0) is 4.74 Å². The Bertz CT molecular complexity index is 819. The highest BCUT2D eigenvalue weighted by Crippen LogP contribution is 2.38. The van der Waals surface area contributed by atoms with Crippen molar-refractivity contribution in [2.24, 2.45) is 5.92 Å². The average Bonchev–Trinajstić information content (AvgIpc) is 3.07. The van der Waals surface area contributed by atoms with Gasteiger partial charge in [0.2, 0.25) is 11.6 Å². The Morgan fingerprint density at radius 2 is 2.33 bits per heavy atom. The van der Waals surface area contributed by atoms with Crippen molar-refractivity contribution in [3.63, 3.8) is 0 Å². The molecule has 0 N–H and O–H groups in total. The molecule has 4 rings (SSSR count). The molecule has 1 atom stereocenters. The Balaban J connectivity index is 1.26. The molecule has 2 aromatic rings. The smallest absolute Gasteiger partial charge is 0.292 e. The van der Waals surface area contributed by atoms with E-state index in [1.54, 1.807) is 17.9 Å². The lowest BCUT2D eigenvalue weighted by molar-refractivity contribution is -0.167. The van der Waals surface area contributed by atoms with Crippen LogP contribution < -0.4 is 4.74 Å². The van der Waals surface area contributed by atoms with Crippen molar-refractivity contribution in [2.45, 2.75) is 31.8 Å². The molecule has 0 aromatic carbocycles. The number of amides is 1. The summed E-state index contributed by atoms with van der Waals surface area (Å²) in [6.45, 7) is 3.96. The highest BCUT2D eigenvalue weighted by Gasteiger charge is 2.49. The minimum atomic E-state index is -0.447. The van der Waals surface area contributed by atoms with Gasteiger partial charge >= 0.3 is 0 Å². The topological polar surface area (TPSA) is 77.7 Å². The molecule has 7 nitrogen and oxygen atoms in total. The minimum Gasteiger partial charge on any atom is -0.476 e. The number of carbonyl (C=O) groups is 1. The molecule has 4 heterocycles. The van der Waals surface area contributed by atoms with E-state index in [0.29, 0.717) is 37.9 Å². The van der Waals surface area contributed by atoms with E-state index in [1.807, 2.05) is 0 Å². The first-order valence-electron chi connectivity index (χ1n) is 9.14. The predicted octanol–water partition coefficient (Wildman–Crippen LogP) is 2.61. The molecule has 2 aliphatic rings. The van der Waals surface area contributed by atoms with Gasteiger partial charge in [0.25, 0.3) is 5.91 Å². The number of aromatic nitrogens is 2. The summed E-state index contributed by atoms with van der Waals surface area (Å²) in [6.07, 6.45) is 4.11. The largest absolute Gasteiger partial charge is 0.476 e. The van der Waals surface area contributed by atoms with Crippen LogP contribution in [0.5, 0.6) is 5.88 Å². The second-order valence-electron chi connectivity index (χ2n) is 7.31. The van der Waals surface area contributed by atoms with Gasteiger partial charge in [-0.05, 0) is 44.2 Å². The number of likely N-dealkylation sites (tertiary alicyclic amines) is 1. The number of pyridine rings is 1. The van der Waals surface area contributed by atoms with Crippen LogP contribution in [0.1, 0.15) is 35.5 Å². The number of halogens is 1. The molecule has 2 aliphatic heterocycles. The summed E-state index contributed by atoms with van der Waals surface area (Å²) >= 11 is 0. The van der Waals surface area contributed by atoms with Crippen molar-refractivity contribution in [3.05, 3.63) is 41.7 Å². The lowest BCUT2D eigenvalue weighted by Gasteiger charge is -2.52. The van der Waals surface area contributed by atoms with Crippen LogP contribution in [0.25, 0.3) is 0 Å². The molecule has 1 spiro atoms. The number of rotatable bonds is 5. The Morgan fingerprint density at radius 1 is 1.48 bits per heavy atom. The van der Waals surface area contributed by atoms with E-state index in [1.165, 1.54) is 18.3 Å². The van der Waals surface area contributed by atoms with Crippen LogP contribution in [0.15, 0.2) is 28.9 Å². The van der Waals surface area contributed by atoms with Gasteiger partial charge in [0, 0.05) is 18.9 Å². The van der Waals surface area contributed by atoms with Gasteiger partial charge in [0.1, 0.15) is 5.60 Å². The van der Waals surface area contributed by atoms with E-state index in [9.17, 15) is 9.18 Å². The fourth-order valence-electron chi connectivity index (χ4n) is 3.81. The summed E-state index contributed by atoms with van der Waals surface area (Å²) in [4.78, 5) is 18.0. The number of nitrogens with zero attached hydrogens (tertiary/aromatic N) is 3. The summed E-state index contributed by atoms with van der Waals surface area (Å²) in [5, 5.41) is 3.76. The Labute approximate surface area is 156 Å². The molecule has 0 radical (unpaired) electrons. The molecule has 0 saturated carbocycles. The van der Waals surface area contributed by atoms with Crippen molar-refractivity contribution in [3.8, 4) is 5.88 Å². The van der Waals surface area contributed by atoms with Gasteiger partial charge in [0.15, 0.2) is 5.82 Å². The number of hydrogen-bond donors (Lipinski definition) is 0. The molecule has 0 bridgehead atoms. The molecule has 27 heavy (non-hydrogen) atoms. The first-order chi connectivity index (χ1) is 13.0. The van der Waals surface area contributed by atoms with Gasteiger partial charge in [0.05, 0.1) is 25.4 Å². The first kappa shape index (κ1) is 17.9. The zero-order chi connectivity index (χ0) is 18.9. The number of carbonyl (C=O) groups excluding carboxylic acids is 1. The van der Waals surface area contributed by atoms with Crippen molar-refractivity contribution in [2.75, 3.05) is 26.3 Å². The van der Waals surface area contributed by atoms with E-state index in [-0.39, 0.29) is 23.1 Å². The van der Waals surface area contributed by atoms with Gasteiger partial charge in [-0.2, -0.15) is 0 Å². The van der Waals surface area contributed by atoms with Crippen molar-refractivity contribution in [1.82, 2.24) is 15.0 Å². The van der Waals surface area contributed by atoms with Crippen LogP contribution in [0.4, 0.5) is 4.39 Å². The van der Waals surface area contributed by atoms with Crippen molar-refractivity contribution in [1.29, 1.82) is 0 Å². The van der Waals surface area contributed by atoms with Crippen LogP contribution in [-0.4, -0.2) is 52.9 Å². The third kappa shape index (κ3) is 3.80. The normalized spacial score (nSPS) is 21.1. The molecule has 0 aliphatic carbocycles. The maximum absolute atomic E-state index is 13.5. The minimum absolute atomic E-state index is 0.0436. The second-order valence-corrected chi connectivity index (χ2v) is 7.31. The van der Waals surface area contributed by atoms with Gasteiger partial charge in [-0.25, -0.2) is 9.37 Å². The highest BCUT2D eigenvalue weighted by molar-refractivity contribution is 5.92. The van der Waals surface area contributed by atoms with Crippen LogP contribution in [0, 0.1) is 18.7 Å². The second kappa shape index (κ2) is 7.26. The first-order valence-corrected chi connectivity index (χ1v) is 9.14. The van der Waals surface area contributed by atoms with E-state index < -0.39 is 5.82 Å². The van der Waals surface area contributed by atoms with E-state index >= 15 is 0 Å². The van der Waals surface area contributed by atoms with E-state index in [4.69, 9.17) is 14.0 Å². The quantitative estimate of drug-likeness (QED) is 0.799. The molecule has 2 saturated heterocycles. The molecule has 1 amide bonds. The van der Waals surface area contributed by atoms with Crippen LogP contribution in [0.2, 0.25) is 0 Å². The van der Waals surface area contributed by atoms with E-state index in [0.717, 1.165) is 19.3 Å². The summed E-state index contributed by atoms with van der Waals surface area (Å²) in [7, 11) is 0. The number of aryl methyl sites for hydroxylation is 1. The summed E-state index contributed by atoms with van der Waals surface area (Å²) in [6, 6.07) is 4.52. The lowest BCUT2D eigenvalue weighted by Crippen LogP contribution is -2.66. The Morgan fingerprint density at radius 3 is 3.07 bits per heavy atom. The van der Waals surface area contributed by atoms with Gasteiger partial charge in [-0.3, -0.25) is 4.79 Å². The van der Waals surface area contributed by atoms with Gasteiger partial charge in [-0.1, -0.05) is 5.16 Å². The van der Waals surface area contributed by atoms with Crippen molar-refractivity contribution < 1.29 is 23.2 Å².